The summed E-state index contributed by atoms with van der Waals surface area (Å²) < 4.78 is 19.1. The summed E-state index contributed by atoms with van der Waals surface area (Å²) in [5, 5.41) is 8.58. The van der Waals surface area contributed by atoms with Crippen LogP contribution in [0.3, 0.4) is 0 Å². The Morgan fingerprint density at radius 1 is 1.26 bits per heavy atom. The molecule has 10 nitrogen and oxygen atoms in total. The summed E-state index contributed by atoms with van der Waals surface area (Å²) in [5.74, 6) is -1.36. The number of nitrogens with zero attached hydrogens (tertiary/aromatic N) is 4. The highest BCUT2D eigenvalue weighted by molar-refractivity contribution is 6.13. The van der Waals surface area contributed by atoms with Crippen molar-refractivity contribution in [3.63, 3.8) is 0 Å². The SMILES string of the molecule is CN1N=C2CCN(C(=O)[C@@H](CCOc3cncc(F)c3)NC(=O)C(C)(C)N)C[C@@]2(Cc2ccccc2)C1=O. The lowest BCUT2D eigenvalue weighted by Crippen LogP contribution is -2.61. The van der Waals surface area contributed by atoms with Crippen molar-refractivity contribution < 1.29 is 23.5 Å². The number of nitrogens with two attached hydrogens (primary N) is 1. The Labute approximate surface area is 221 Å². The van der Waals surface area contributed by atoms with Crippen molar-refractivity contribution in [2.24, 2.45) is 16.3 Å². The Morgan fingerprint density at radius 2 is 2.00 bits per heavy atom. The molecule has 2 aromatic rings. The molecule has 0 saturated carbocycles. The van der Waals surface area contributed by atoms with Crippen LogP contribution < -0.4 is 15.8 Å². The molecular weight excluding hydrogens is 491 g/mol. The van der Waals surface area contributed by atoms with Crippen LogP contribution in [0.1, 0.15) is 32.3 Å². The highest BCUT2D eigenvalue weighted by Crippen LogP contribution is 2.38. The number of rotatable bonds is 9. The van der Waals surface area contributed by atoms with Gasteiger partial charge < -0.3 is 20.7 Å². The lowest BCUT2D eigenvalue weighted by molar-refractivity contribution is -0.142. The number of benzene rings is 1. The number of hydrazone groups is 1. The molecule has 0 unspecified atom stereocenters. The van der Waals surface area contributed by atoms with E-state index < -0.39 is 28.7 Å². The third-order valence-electron chi connectivity index (χ3n) is 6.81. The second kappa shape index (κ2) is 10.9. The van der Waals surface area contributed by atoms with E-state index in [0.29, 0.717) is 19.4 Å². The van der Waals surface area contributed by atoms with Gasteiger partial charge in [0.1, 0.15) is 23.0 Å². The largest absolute Gasteiger partial charge is 0.492 e. The van der Waals surface area contributed by atoms with Crippen LogP contribution in [-0.4, -0.2) is 76.7 Å². The fraction of sp³-hybridized carbons (Fsp3) is 0.444. The maximum absolute atomic E-state index is 13.8. The Kier molecular flexibility index (Phi) is 7.77. The standard InChI is InChI=1S/C27H33FN6O4/c1-26(2,29)24(36)31-21(10-12-38-20-13-19(28)15-30-16-20)23(35)34-11-9-22-27(17-34,25(37)33(3)32-22)14-18-7-5-4-6-8-18/h4-8,13,15-16,21H,9-12,14,17,29H2,1-3H3,(H,31,36)/t21-,27-/m1/s1. The van der Waals surface area contributed by atoms with E-state index in [1.165, 1.54) is 17.3 Å². The van der Waals surface area contributed by atoms with Gasteiger partial charge >= 0.3 is 0 Å². The molecule has 2 atom stereocenters. The maximum Gasteiger partial charge on any atom is 0.256 e. The Hall–Kier alpha value is -3.86. The zero-order chi connectivity index (χ0) is 27.5. The van der Waals surface area contributed by atoms with Gasteiger partial charge in [-0.3, -0.25) is 19.4 Å². The summed E-state index contributed by atoms with van der Waals surface area (Å²) in [6.45, 7) is 3.59. The molecule has 38 heavy (non-hydrogen) atoms. The topological polar surface area (TPSA) is 130 Å². The first-order chi connectivity index (χ1) is 18.0. The fourth-order valence-electron chi connectivity index (χ4n) is 4.80. The average Bonchev–Trinajstić information content (AvgIpc) is 3.12. The number of carbonyl (C=O) groups excluding carboxylic acids is 3. The summed E-state index contributed by atoms with van der Waals surface area (Å²) in [7, 11) is 1.62. The predicted octanol–water partition coefficient (Wildman–Crippen LogP) is 1.50. The van der Waals surface area contributed by atoms with Crippen molar-refractivity contribution >= 4 is 23.4 Å². The van der Waals surface area contributed by atoms with E-state index in [1.807, 2.05) is 30.3 Å². The Bertz CT molecular complexity index is 1230. The smallest absolute Gasteiger partial charge is 0.256 e. The maximum atomic E-state index is 13.8. The van der Waals surface area contributed by atoms with Crippen LogP contribution in [0.15, 0.2) is 53.9 Å². The summed E-state index contributed by atoms with van der Waals surface area (Å²) in [5.41, 5.74) is 5.49. The molecule has 2 aliphatic rings. The number of likely N-dealkylation sites (tertiary alicyclic amines) is 1. The second-order valence-corrected chi connectivity index (χ2v) is 10.4. The molecule has 0 aliphatic carbocycles. The zero-order valence-corrected chi connectivity index (χ0v) is 21.8. The highest BCUT2D eigenvalue weighted by atomic mass is 19.1. The lowest BCUT2D eigenvalue weighted by Gasteiger charge is -2.41. The van der Waals surface area contributed by atoms with Crippen LogP contribution in [0.25, 0.3) is 0 Å². The molecule has 0 bridgehead atoms. The molecule has 1 saturated heterocycles. The molecule has 3 heterocycles. The number of pyridine rings is 1. The Balaban J connectivity index is 1.54. The summed E-state index contributed by atoms with van der Waals surface area (Å²) in [4.78, 5) is 45.3. The molecule has 2 aliphatic heterocycles. The van der Waals surface area contributed by atoms with Crippen LogP contribution in [0.4, 0.5) is 4.39 Å². The number of hydrogen-bond donors (Lipinski definition) is 2. The molecule has 1 fully saturated rings. The summed E-state index contributed by atoms with van der Waals surface area (Å²) in [6.07, 6.45) is 3.37. The quantitative estimate of drug-likeness (QED) is 0.511. The van der Waals surface area contributed by atoms with Gasteiger partial charge in [0.15, 0.2) is 0 Å². The summed E-state index contributed by atoms with van der Waals surface area (Å²) in [6, 6.07) is 9.84. The monoisotopic (exact) mass is 524 g/mol. The van der Waals surface area contributed by atoms with Gasteiger partial charge in [-0.25, -0.2) is 9.40 Å². The zero-order valence-electron chi connectivity index (χ0n) is 21.8. The molecule has 1 aromatic heterocycles. The molecule has 3 N–H and O–H groups in total. The van der Waals surface area contributed by atoms with E-state index in [4.69, 9.17) is 10.5 Å². The van der Waals surface area contributed by atoms with Crippen molar-refractivity contribution in [2.45, 2.75) is 44.7 Å². The van der Waals surface area contributed by atoms with Crippen LogP contribution in [0, 0.1) is 11.2 Å². The first kappa shape index (κ1) is 27.2. The molecule has 1 aromatic carbocycles. The minimum absolute atomic E-state index is 0.0181. The second-order valence-electron chi connectivity index (χ2n) is 10.4. The number of carbonyl (C=O) groups is 3. The minimum Gasteiger partial charge on any atom is -0.492 e. The molecular formula is C27H33FN6O4. The number of nitrogens with one attached hydrogen (secondary N) is 1. The van der Waals surface area contributed by atoms with Crippen molar-refractivity contribution in [3.8, 4) is 5.75 Å². The van der Waals surface area contributed by atoms with Crippen molar-refractivity contribution in [2.75, 3.05) is 26.7 Å². The number of aromatic nitrogens is 1. The number of ether oxygens (including phenoxy) is 1. The molecule has 202 valence electrons. The van der Waals surface area contributed by atoms with E-state index >= 15 is 0 Å². The number of amides is 3. The van der Waals surface area contributed by atoms with Crippen LogP contribution in [-0.2, 0) is 20.8 Å². The summed E-state index contributed by atoms with van der Waals surface area (Å²) >= 11 is 0. The first-order valence-corrected chi connectivity index (χ1v) is 12.5. The van der Waals surface area contributed by atoms with E-state index in [9.17, 15) is 18.8 Å². The lowest BCUT2D eigenvalue weighted by atomic mass is 9.73. The van der Waals surface area contributed by atoms with Gasteiger partial charge in [-0.1, -0.05) is 30.3 Å². The number of fused-ring (bicyclic) bond motifs is 1. The predicted molar refractivity (Wildman–Crippen MR) is 138 cm³/mol. The van der Waals surface area contributed by atoms with Gasteiger partial charge in [0.05, 0.1) is 30.3 Å². The Morgan fingerprint density at radius 3 is 2.68 bits per heavy atom. The van der Waals surface area contributed by atoms with Gasteiger partial charge in [-0.05, 0) is 25.8 Å². The molecule has 4 rings (SSSR count). The van der Waals surface area contributed by atoms with Gasteiger partial charge in [0.2, 0.25) is 11.8 Å². The van der Waals surface area contributed by atoms with Gasteiger partial charge in [-0.2, -0.15) is 5.10 Å². The van der Waals surface area contributed by atoms with Crippen molar-refractivity contribution in [1.82, 2.24) is 20.2 Å². The van der Waals surface area contributed by atoms with Crippen molar-refractivity contribution in [1.29, 1.82) is 0 Å². The van der Waals surface area contributed by atoms with E-state index in [0.717, 1.165) is 17.5 Å². The highest BCUT2D eigenvalue weighted by Gasteiger charge is 2.53. The van der Waals surface area contributed by atoms with Crippen LogP contribution in [0.2, 0.25) is 0 Å². The molecule has 11 heteroatoms. The minimum atomic E-state index is -1.22. The molecule has 3 amide bonds. The van der Waals surface area contributed by atoms with Crippen molar-refractivity contribution in [3.05, 3.63) is 60.2 Å². The van der Waals surface area contributed by atoms with E-state index in [-0.39, 0.29) is 37.1 Å². The number of piperidine rings is 1. The van der Waals surface area contributed by atoms with Crippen LogP contribution >= 0.6 is 0 Å². The molecule has 0 spiro atoms. The van der Waals surface area contributed by atoms with Gasteiger partial charge in [0, 0.05) is 39.0 Å². The normalized spacial score (nSPS) is 20.0. The number of hydrogen-bond acceptors (Lipinski definition) is 7. The molecule has 0 radical (unpaired) electrons. The fourth-order valence-corrected chi connectivity index (χ4v) is 4.80. The average molecular weight is 525 g/mol. The van der Waals surface area contributed by atoms with Gasteiger partial charge in [0.25, 0.3) is 5.91 Å². The van der Waals surface area contributed by atoms with E-state index in [1.54, 1.807) is 25.8 Å². The van der Waals surface area contributed by atoms with E-state index in [2.05, 4.69) is 15.4 Å². The first-order valence-electron chi connectivity index (χ1n) is 12.5. The van der Waals surface area contributed by atoms with Gasteiger partial charge in [-0.15, -0.1) is 0 Å². The third-order valence-corrected chi connectivity index (χ3v) is 6.81. The van der Waals surface area contributed by atoms with Crippen LogP contribution in [0.5, 0.6) is 5.75 Å². The third kappa shape index (κ3) is 5.83. The number of halogens is 1.